The molecule has 1 aromatic carbocycles. The van der Waals surface area contributed by atoms with Crippen LogP contribution in [0, 0.1) is 10.1 Å². The molecule has 21 heavy (non-hydrogen) atoms. The molecular formula is C13H14BrN3O4. The molecule has 0 N–H and O–H groups in total. The molecule has 0 amide bonds. The lowest BCUT2D eigenvalue weighted by Gasteiger charge is -2.08. The topological polar surface area (TPSA) is 79.4 Å². The standard InChI is InChI=1S/C13H14BrN3O4/c1-4-10-12(17(18)19)13(16(2)15-10)21-11-6-5-8(20-3)7-9(11)14/h5-7H,4H2,1-3H3. The highest BCUT2D eigenvalue weighted by molar-refractivity contribution is 9.10. The highest BCUT2D eigenvalue weighted by Crippen LogP contribution is 2.38. The molecule has 0 fully saturated rings. The molecular weight excluding hydrogens is 342 g/mol. The fourth-order valence-corrected chi connectivity index (χ4v) is 2.32. The van der Waals surface area contributed by atoms with Crippen molar-refractivity contribution in [3.05, 3.63) is 38.5 Å². The van der Waals surface area contributed by atoms with Crippen LogP contribution < -0.4 is 9.47 Å². The summed E-state index contributed by atoms with van der Waals surface area (Å²) in [5.74, 6) is 1.20. The highest BCUT2D eigenvalue weighted by Gasteiger charge is 2.28. The van der Waals surface area contributed by atoms with Gasteiger partial charge in [-0.05, 0) is 40.5 Å². The summed E-state index contributed by atoms with van der Waals surface area (Å²) < 4.78 is 12.8. The van der Waals surface area contributed by atoms with E-state index in [1.165, 1.54) is 4.68 Å². The largest absolute Gasteiger partial charge is 0.497 e. The van der Waals surface area contributed by atoms with Gasteiger partial charge in [0.05, 0.1) is 16.5 Å². The Kier molecular flexibility index (Phi) is 4.46. The van der Waals surface area contributed by atoms with Gasteiger partial charge in [-0.25, -0.2) is 4.68 Å². The minimum atomic E-state index is -0.474. The third-order valence-corrected chi connectivity index (χ3v) is 3.52. The molecule has 1 heterocycles. The first-order valence-electron chi connectivity index (χ1n) is 6.19. The number of halogens is 1. The van der Waals surface area contributed by atoms with Gasteiger partial charge < -0.3 is 9.47 Å². The molecule has 0 aliphatic heterocycles. The van der Waals surface area contributed by atoms with E-state index in [-0.39, 0.29) is 11.6 Å². The predicted octanol–water partition coefficient (Wildman–Crippen LogP) is 3.45. The summed E-state index contributed by atoms with van der Waals surface area (Å²) in [6, 6.07) is 5.10. The van der Waals surface area contributed by atoms with Crippen LogP contribution in [-0.2, 0) is 13.5 Å². The summed E-state index contributed by atoms with van der Waals surface area (Å²) in [7, 11) is 3.17. The Balaban J connectivity index is 2.44. The molecule has 2 aromatic rings. The number of nitro groups is 1. The second-order valence-corrected chi connectivity index (χ2v) is 5.09. The number of hydrogen-bond donors (Lipinski definition) is 0. The number of nitrogens with zero attached hydrogens (tertiary/aromatic N) is 3. The van der Waals surface area contributed by atoms with Gasteiger partial charge in [0.25, 0.3) is 5.88 Å². The molecule has 0 aliphatic carbocycles. The zero-order valence-electron chi connectivity index (χ0n) is 11.8. The van der Waals surface area contributed by atoms with Crippen molar-refractivity contribution < 1.29 is 14.4 Å². The van der Waals surface area contributed by atoms with Crippen LogP contribution in [0.2, 0.25) is 0 Å². The lowest BCUT2D eigenvalue weighted by molar-refractivity contribution is -0.386. The fraction of sp³-hybridized carbons (Fsp3) is 0.308. The summed E-state index contributed by atoms with van der Waals surface area (Å²) in [6.07, 6.45) is 0.456. The van der Waals surface area contributed by atoms with Crippen molar-refractivity contribution in [2.24, 2.45) is 7.05 Å². The smallest absolute Gasteiger partial charge is 0.353 e. The SMILES string of the molecule is CCc1nn(C)c(Oc2ccc(OC)cc2Br)c1[N+](=O)[O-]. The summed E-state index contributed by atoms with van der Waals surface area (Å²) in [6.45, 7) is 1.81. The first kappa shape index (κ1) is 15.3. The highest BCUT2D eigenvalue weighted by atomic mass is 79.9. The lowest BCUT2D eigenvalue weighted by atomic mass is 10.3. The van der Waals surface area contributed by atoms with Gasteiger partial charge in [-0.3, -0.25) is 10.1 Å². The van der Waals surface area contributed by atoms with Gasteiger partial charge in [-0.15, -0.1) is 0 Å². The average molecular weight is 356 g/mol. The van der Waals surface area contributed by atoms with E-state index in [1.54, 1.807) is 32.4 Å². The molecule has 0 unspecified atom stereocenters. The molecule has 0 atom stereocenters. The average Bonchev–Trinajstić information content (AvgIpc) is 2.77. The maximum Gasteiger partial charge on any atom is 0.353 e. The normalized spacial score (nSPS) is 10.5. The third-order valence-electron chi connectivity index (χ3n) is 2.90. The Morgan fingerprint density at radius 1 is 1.48 bits per heavy atom. The number of hydrogen-bond acceptors (Lipinski definition) is 5. The fourth-order valence-electron chi connectivity index (χ4n) is 1.88. The third kappa shape index (κ3) is 2.99. The van der Waals surface area contributed by atoms with E-state index in [4.69, 9.17) is 9.47 Å². The Hall–Kier alpha value is -2.09. The van der Waals surface area contributed by atoms with Crippen LogP contribution in [0.4, 0.5) is 5.69 Å². The van der Waals surface area contributed by atoms with Gasteiger partial charge in [-0.1, -0.05) is 6.92 Å². The number of methoxy groups -OCH3 is 1. The second-order valence-electron chi connectivity index (χ2n) is 4.23. The molecule has 7 nitrogen and oxygen atoms in total. The molecule has 112 valence electrons. The minimum absolute atomic E-state index is 0.0997. The molecule has 0 bridgehead atoms. The van der Waals surface area contributed by atoms with Crippen molar-refractivity contribution >= 4 is 21.6 Å². The molecule has 0 radical (unpaired) electrons. The zero-order chi connectivity index (χ0) is 15.6. The molecule has 0 saturated carbocycles. The lowest BCUT2D eigenvalue weighted by Crippen LogP contribution is -1.98. The van der Waals surface area contributed by atoms with E-state index in [2.05, 4.69) is 21.0 Å². The number of benzene rings is 1. The monoisotopic (exact) mass is 355 g/mol. The zero-order valence-corrected chi connectivity index (χ0v) is 13.4. The van der Waals surface area contributed by atoms with Crippen molar-refractivity contribution in [1.29, 1.82) is 0 Å². The van der Waals surface area contributed by atoms with Crippen LogP contribution in [0.25, 0.3) is 0 Å². The van der Waals surface area contributed by atoms with E-state index in [0.717, 1.165) is 0 Å². The summed E-state index contributed by atoms with van der Waals surface area (Å²) in [4.78, 5) is 10.8. The van der Waals surface area contributed by atoms with Gasteiger partial charge >= 0.3 is 5.69 Å². The summed E-state index contributed by atoms with van der Waals surface area (Å²) >= 11 is 3.35. The quantitative estimate of drug-likeness (QED) is 0.606. The van der Waals surface area contributed by atoms with Gasteiger partial charge in [0.1, 0.15) is 17.2 Å². The Morgan fingerprint density at radius 2 is 2.19 bits per heavy atom. The van der Waals surface area contributed by atoms with Gasteiger partial charge in [0.15, 0.2) is 0 Å². The van der Waals surface area contributed by atoms with Crippen molar-refractivity contribution in [3.8, 4) is 17.4 Å². The summed E-state index contributed by atoms with van der Waals surface area (Å²) in [5.41, 5.74) is 0.282. The number of rotatable bonds is 5. The molecule has 1 aromatic heterocycles. The van der Waals surface area contributed by atoms with Gasteiger partial charge in [0, 0.05) is 7.05 Å². The number of ether oxygens (including phenoxy) is 2. The van der Waals surface area contributed by atoms with Crippen LogP contribution in [-0.4, -0.2) is 21.8 Å². The van der Waals surface area contributed by atoms with E-state index in [0.29, 0.717) is 28.1 Å². The molecule has 0 saturated heterocycles. The van der Waals surface area contributed by atoms with E-state index < -0.39 is 4.92 Å². The number of aryl methyl sites for hydroxylation is 2. The molecule has 0 spiro atoms. The van der Waals surface area contributed by atoms with Crippen LogP contribution in [0.1, 0.15) is 12.6 Å². The second kappa shape index (κ2) is 6.13. The van der Waals surface area contributed by atoms with Crippen LogP contribution >= 0.6 is 15.9 Å². The molecule has 8 heteroatoms. The van der Waals surface area contributed by atoms with Gasteiger partial charge in [0.2, 0.25) is 0 Å². The number of aromatic nitrogens is 2. The van der Waals surface area contributed by atoms with Crippen molar-refractivity contribution in [1.82, 2.24) is 9.78 Å². The maximum absolute atomic E-state index is 11.2. The molecule has 2 rings (SSSR count). The van der Waals surface area contributed by atoms with Crippen LogP contribution in [0.5, 0.6) is 17.4 Å². The first-order chi connectivity index (χ1) is 9.97. The van der Waals surface area contributed by atoms with Crippen molar-refractivity contribution in [2.75, 3.05) is 7.11 Å². The summed E-state index contributed by atoms with van der Waals surface area (Å²) in [5, 5.41) is 15.4. The maximum atomic E-state index is 11.2. The predicted molar refractivity (Wildman–Crippen MR) is 80.0 cm³/mol. The van der Waals surface area contributed by atoms with Crippen LogP contribution in [0.3, 0.4) is 0 Å². The Morgan fingerprint density at radius 3 is 2.71 bits per heavy atom. The van der Waals surface area contributed by atoms with Crippen molar-refractivity contribution in [2.45, 2.75) is 13.3 Å². The van der Waals surface area contributed by atoms with Crippen LogP contribution in [0.15, 0.2) is 22.7 Å². The first-order valence-corrected chi connectivity index (χ1v) is 6.98. The molecule has 0 aliphatic rings. The van der Waals surface area contributed by atoms with Crippen molar-refractivity contribution in [3.63, 3.8) is 0 Å². The minimum Gasteiger partial charge on any atom is -0.497 e. The van der Waals surface area contributed by atoms with E-state index >= 15 is 0 Å². The van der Waals surface area contributed by atoms with E-state index in [1.807, 2.05) is 6.92 Å². The van der Waals surface area contributed by atoms with Gasteiger partial charge in [-0.2, -0.15) is 5.10 Å². The Labute approximate surface area is 129 Å². The Bertz CT molecular complexity index is 684. The van der Waals surface area contributed by atoms with E-state index in [9.17, 15) is 10.1 Å².